The molecule has 4 nitrogen and oxygen atoms in total. The van der Waals surface area contributed by atoms with Crippen LogP contribution >= 0.6 is 0 Å². The van der Waals surface area contributed by atoms with Crippen LogP contribution in [0.15, 0.2) is 42.5 Å². The molecule has 0 radical (unpaired) electrons. The third-order valence-corrected chi connectivity index (χ3v) is 3.09. The summed E-state index contributed by atoms with van der Waals surface area (Å²) in [4.78, 5) is 4.48. The summed E-state index contributed by atoms with van der Waals surface area (Å²) in [5, 5.41) is 0. The first-order valence-electron chi connectivity index (χ1n) is 8.41. The lowest BCUT2D eigenvalue weighted by Crippen LogP contribution is -2.14. The van der Waals surface area contributed by atoms with E-state index in [9.17, 15) is 0 Å². The molecule has 2 rings (SSSR count). The van der Waals surface area contributed by atoms with Crippen molar-refractivity contribution in [2.45, 2.75) is 40.7 Å². The monoisotopic (exact) mass is 329 g/mol. The van der Waals surface area contributed by atoms with Gasteiger partial charge in [0.25, 0.3) is 0 Å². The minimum atomic E-state index is 0.149. The number of hydrogen-bond acceptors (Lipinski definition) is 4. The molecule has 0 atom stereocenters. The average molecular weight is 329 g/mol. The van der Waals surface area contributed by atoms with Gasteiger partial charge in [-0.05, 0) is 42.2 Å². The van der Waals surface area contributed by atoms with Gasteiger partial charge in [0.1, 0.15) is 11.5 Å². The topological polar surface area (TPSA) is 40.6 Å². The Kier molecular flexibility index (Phi) is 6.62. The fourth-order valence-electron chi connectivity index (χ4n) is 2.00. The predicted molar refractivity (Wildman–Crippen MR) is 95.7 cm³/mol. The highest BCUT2D eigenvalue weighted by Gasteiger charge is 2.10. The molecule has 0 bridgehead atoms. The number of hydrogen-bond donors (Lipinski definition) is 0. The molecule has 24 heavy (non-hydrogen) atoms. The highest BCUT2D eigenvalue weighted by atomic mass is 16.5. The summed E-state index contributed by atoms with van der Waals surface area (Å²) >= 11 is 0. The Hall–Kier alpha value is -2.07. The summed E-state index contributed by atoms with van der Waals surface area (Å²) in [6, 6.07) is 13.3. The standard InChI is InChI=1S/C20H27NO3/c1-5-13-23-17-9-11-18(12-10-17)24-19-8-6-7-16(21-19)14-22-15-20(2,3)4/h6-12H,5,13-15H2,1-4H3. The second kappa shape index (κ2) is 8.69. The predicted octanol–water partition coefficient (Wildman–Crippen LogP) is 5.23. The van der Waals surface area contributed by atoms with Crippen molar-refractivity contribution in [3.05, 3.63) is 48.2 Å². The Morgan fingerprint density at radius 3 is 2.33 bits per heavy atom. The van der Waals surface area contributed by atoms with Crippen molar-refractivity contribution in [1.82, 2.24) is 4.98 Å². The van der Waals surface area contributed by atoms with Crippen molar-refractivity contribution in [3.8, 4) is 17.4 Å². The molecular formula is C20H27NO3. The van der Waals surface area contributed by atoms with Gasteiger partial charge < -0.3 is 14.2 Å². The molecule has 0 aliphatic rings. The molecule has 1 heterocycles. The van der Waals surface area contributed by atoms with Crippen molar-refractivity contribution in [2.24, 2.45) is 5.41 Å². The van der Waals surface area contributed by atoms with Gasteiger partial charge >= 0.3 is 0 Å². The first kappa shape index (κ1) is 18.3. The highest BCUT2D eigenvalue weighted by molar-refractivity contribution is 5.33. The molecule has 0 amide bonds. The third-order valence-electron chi connectivity index (χ3n) is 3.09. The number of rotatable bonds is 8. The fourth-order valence-corrected chi connectivity index (χ4v) is 2.00. The maximum absolute atomic E-state index is 5.80. The number of benzene rings is 1. The Labute approximate surface area is 144 Å². The van der Waals surface area contributed by atoms with Gasteiger partial charge in [0, 0.05) is 6.07 Å². The van der Waals surface area contributed by atoms with E-state index in [0.717, 1.165) is 30.2 Å². The molecule has 0 unspecified atom stereocenters. The maximum Gasteiger partial charge on any atom is 0.219 e. The Balaban J connectivity index is 1.91. The van der Waals surface area contributed by atoms with Gasteiger partial charge in [0.15, 0.2) is 0 Å². The molecule has 0 spiro atoms. The van der Waals surface area contributed by atoms with E-state index in [2.05, 4.69) is 32.7 Å². The minimum Gasteiger partial charge on any atom is -0.494 e. The van der Waals surface area contributed by atoms with E-state index in [1.54, 1.807) is 0 Å². The van der Waals surface area contributed by atoms with E-state index < -0.39 is 0 Å². The van der Waals surface area contributed by atoms with Crippen LogP contribution in [0.2, 0.25) is 0 Å². The van der Waals surface area contributed by atoms with Gasteiger partial charge in [-0.1, -0.05) is 33.8 Å². The Morgan fingerprint density at radius 1 is 0.958 bits per heavy atom. The molecule has 0 aliphatic carbocycles. The first-order valence-corrected chi connectivity index (χ1v) is 8.41. The highest BCUT2D eigenvalue weighted by Crippen LogP contribution is 2.23. The zero-order chi connectivity index (χ0) is 17.4. The van der Waals surface area contributed by atoms with Crippen molar-refractivity contribution in [2.75, 3.05) is 13.2 Å². The molecule has 0 saturated carbocycles. The fraction of sp³-hybridized carbons (Fsp3) is 0.450. The molecule has 130 valence electrons. The zero-order valence-electron chi connectivity index (χ0n) is 15.0. The Bertz CT molecular complexity index is 618. The SMILES string of the molecule is CCCOc1ccc(Oc2cccc(COCC(C)(C)C)n2)cc1. The van der Waals surface area contributed by atoms with Gasteiger partial charge in [0.05, 0.1) is 25.5 Å². The molecule has 2 aromatic rings. The summed E-state index contributed by atoms with van der Waals surface area (Å²) in [6.45, 7) is 10.4. The van der Waals surface area contributed by atoms with Crippen molar-refractivity contribution >= 4 is 0 Å². The summed E-state index contributed by atoms with van der Waals surface area (Å²) in [7, 11) is 0. The lowest BCUT2D eigenvalue weighted by molar-refractivity contribution is 0.0579. The number of pyridine rings is 1. The van der Waals surface area contributed by atoms with Gasteiger partial charge in [-0.15, -0.1) is 0 Å². The lowest BCUT2D eigenvalue weighted by Gasteiger charge is -2.17. The summed E-state index contributed by atoms with van der Waals surface area (Å²) in [5.74, 6) is 2.15. The quantitative estimate of drug-likeness (QED) is 0.665. The van der Waals surface area contributed by atoms with Crippen LogP contribution in [0.4, 0.5) is 0 Å². The lowest BCUT2D eigenvalue weighted by atomic mass is 9.99. The molecule has 1 aromatic carbocycles. The molecule has 0 saturated heterocycles. The molecule has 4 heteroatoms. The van der Waals surface area contributed by atoms with Crippen LogP contribution < -0.4 is 9.47 Å². The van der Waals surface area contributed by atoms with Crippen LogP contribution in [0, 0.1) is 5.41 Å². The third kappa shape index (κ3) is 6.59. The van der Waals surface area contributed by atoms with E-state index in [1.807, 2.05) is 42.5 Å². The number of aromatic nitrogens is 1. The summed E-state index contributed by atoms with van der Waals surface area (Å²) < 4.78 is 17.1. The van der Waals surface area contributed by atoms with E-state index in [0.29, 0.717) is 19.1 Å². The van der Waals surface area contributed by atoms with Gasteiger partial charge in [-0.25, -0.2) is 4.98 Å². The summed E-state index contributed by atoms with van der Waals surface area (Å²) in [6.07, 6.45) is 0.992. The molecule has 0 aliphatic heterocycles. The van der Waals surface area contributed by atoms with Crippen LogP contribution in [-0.2, 0) is 11.3 Å². The van der Waals surface area contributed by atoms with Gasteiger partial charge in [-0.2, -0.15) is 0 Å². The van der Waals surface area contributed by atoms with Crippen molar-refractivity contribution in [1.29, 1.82) is 0 Å². The number of ether oxygens (including phenoxy) is 3. The zero-order valence-corrected chi connectivity index (χ0v) is 15.0. The van der Waals surface area contributed by atoms with E-state index in [-0.39, 0.29) is 5.41 Å². The van der Waals surface area contributed by atoms with Crippen molar-refractivity contribution < 1.29 is 14.2 Å². The van der Waals surface area contributed by atoms with Crippen LogP contribution in [0.1, 0.15) is 39.8 Å². The van der Waals surface area contributed by atoms with Crippen molar-refractivity contribution in [3.63, 3.8) is 0 Å². The van der Waals surface area contributed by atoms with Crippen LogP contribution in [0.3, 0.4) is 0 Å². The minimum absolute atomic E-state index is 0.149. The summed E-state index contributed by atoms with van der Waals surface area (Å²) in [5.41, 5.74) is 1.01. The molecular weight excluding hydrogens is 302 g/mol. The largest absolute Gasteiger partial charge is 0.494 e. The average Bonchev–Trinajstić information content (AvgIpc) is 2.53. The number of nitrogens with zero attached hydrogens (tertiary/aromatic N) is 1. The smallest absolute Gasteiger partial charge is 0.219 e. The van der Waals surface area contributed by atoms with E-state index in [4.69, 9.17) is 14.2 Å². The maximum atomic E-state index is 5.80. The molecule has 0 fully saturated rings. The van der Waals surface area contributed by atoms with Gasteiger partial charge in [0.2, 0.25) is 5.88 Å². The normalized spacial score (nSPS) is 11.3. The van der Waals surface area contributed by atoms with E-state index in [1.165, 1.54) is 0 Å². The van der Waals surface area contributed by atoms with Crippen LogP contribution in [0.25, 0.3) is 0 Å². The van der Waals surface area contributed by atoms with Crippen LogP contribution in [-0.4, -0.2) is 18.2 Å². The molecule has 1 aromatic heterocycles. The van der Waals surface area contributed by atoms with Crippen LogP contribution in [0.5, 0.6) is 17.4 Å². The Morgan fingerprint density at radius 2 is 1.67 bits per heavy atom. The second-order valence-corrected chi connectivity index (χ2v) is 6.94. The van der Waals surface area contributed by atoms with Gasteiger partial charge in [-0.3, -0.25) is 0 Å². The molecule has 0 N–H and O–H groups in total. The second-order valence-electron chi connectivity index (χ2n) is 6.94. The first-order chi connectivity index (χ1) is 11.5. The van der Waals surface area contributed by atoms with E-state index >= 15 is 0 Å².